The monoisotopic (exact) mass is 397 g/mol. The fourth-order valence-corrected chi connectivity index (χ4v) is 3.56. The topological polar surface area (TPSA) is 56.5 Å². The van der Waals surface area contributed by atoms with E-state index in [1.54, 1.807) is 42.9 Å². The normalized spacial score (nSPS) is 15.2. The molecule has 142 valence electrons. The molecule has 1 atom stereocenters. The molecule has 1 aliphatic heterocycles. The van der Waals surface area contributed by atoms with Crippen LogP contribution in [-0.2, 0) is 9.53 Å². The molecule has 0 aliphatic carbocycles. The summed E-state index contributed by atoms with van der Waals surface area (Å²) in [5.41, 5.74) is 3.21. The van der Waals surface area contributed by atoms with E-state index in [1.165, 1.54) is 13.2 Å². The van der Waals surface area contributed by atoms with Gasteiger partial charge in [0.05, 0.1) is 42.8 Å². The van der Waals surface area contributed by atoms with Crippen LogP contribution in [0.3, 0.4) is 0 Å². The zero-order valence-electron chi connectivity index (χ0n) is 15.1. The molecule has 2 heterocycles. The number of imidazole rings is 1. The second kappa shape index (κ2) is 7.56. The Labute approximate surface area is 166 Å². The van der Waals surface area contributed by atoms with E-state index in [0.29, 0.717) is 28.3 Å². The van der Waals surface area contributed by atoms with Crippen molar-refractivity contribution in [3.63, 3.8) is 0 Å². The number of rotatable bonds is 4. The van der Waals surface area contributed by atoms with Gasteiger partial charge in [-0.3, -0.25) is 9.79 Å². The molecule has 28 heavy (non-hydrogen) atoms. The summed E-state index contributed by atoms with van der Waals surface area (Å²) in [5, 5.41) is 0.525. The summed E-state index contributed by atoms with van der Waals surface area (Å²) in [6.07, 6.45) is 4.01. The number of methoxy groups -OCH3 is 1. The summed E-state index contributed by atoms with van der Waals surface area (Å²) >= 11 is 6.25. The van der Waals surface area contributed by atoms with Crippen molar-refractivity contribution in [2.75, 3.05) is 7.11 Å². The molecular formula is C21H17ClFN3O2. The number of aliphatic imine (C=N–C) groups is 1. The first-order chi connectivity index (χ1) is 13.6. The van der Waals surface area contributed by atoms with Gasteiger partial charge in [-0.25, -0.2) is 9.37 Å². The standard InChI is InChI=1S/C21H17ClFN3O2/c1-28-20(27)9-7-17-19-11-24-12-26(19)18-8-6-13(22)10-15(18)21(25-17)14-4-2-3-5-16(14)23/h2-6,8,10-12,17H,7,9H2,1H3/t17-/m0/s1. The second-order valence-corrected chi connectivity index (χ2v) is 6.87. The fraction of sp³-hybridized carbons (Fsp3) is 0.190. The van der Waals surface area contributed by atoms with E-state index in [2.05, 4.69) is 4.98 Å². The third-order valence-corrected chi connectivity index (χ3v) is 4.98. The second-order valence-electron chi connectivity index (χ2n) is 6.44. The van der Waals surface area contributed by atoms with Gasteiger partial charge in [0.15, 0.2) is 0 Å². The van der Waals surface area contributed by atoms with Crippen molar-refractivity contribution in [2.45, 2.75) is 18.9 Å². The maximum absolute atomic E-state index is 14.6. The number of benzene rings is 2. The van der Waals surface area contributed by atoms with Crippen molar-refractivity contribution in [3.8, 4) is 5.69 Å². The number of esters is 1. The van der Waals surface area contributed by atoms with Crippen LogP contribution in [0.4, 0.5) is 4.39 Å². The highest BCUT2D eigenvalue weighted by Crippen LogP contribution is 2.34. The maximum atomic E-state index is 14.6. The van der Waals surface area contributed by atoms with Crippen LogP contribution in [0, 0.1) is 5.82 Å². The number of halogens is 2. The number of carbonyl (C=O) groups is 1. The minimum absolute atomic E-state index is 0.192. The van der Waals surface area contributed by atoms with Crippen LogP contribution in [0.25, 0.3) is 5.69 Å². The molecule has 0 radical (unpaired) electrons. The van der Waals surface area contributed by atoms with Crippen molar-refractivity contribution in [3.05, 3.63) is 82.6 Å². The SMILES string of the molecule is COC(=O)CC[C@@H]1N=C(c2ccccc2F)c2cc(Cl)ccc2-n2cncc21. The number of nitrogens with zero attached hydrogens (tertiary/aromatic N) is 3. The maximum Gasteiger partial charge on any atom is 0.305 e. The van der Waals surface area contributed by atoms with Gasteiger partial charge in [0.1, 0.15) is 5.82 Å². The minimum Gasteiger partial charge on any atom is -0.469 e. The summed E-state index contributed by atoms with van der Waals surface area (Å²) in [6.45, 7) is 0. The number of aromatic nitrogens is 2. The van der Waals surface area contributed by atoms with Gasteiger partial charge in [0, 0.05) is 22.6 Å². The Morgan fingerprint density at radius 3 is 2.86 bits per heavy atom. The van der Waals surface area contributed by atoms with Gasteiger partial charge in [0.25, 0.3) is 0 Å². The third kappa shape index (κ3) is 3.31. The third-order valence-electron chi connectivity index (χ3n) is 4.75. The van der Waals surface area contributed by atoms with E-state index in [9.17, 15) is 9.18 Å². The van der Waals surface area contributed by atoms with E-state index in [4.69, 9.17) is 21.3 Å². The number of ether oxygens (including phenoxy) is 1. The molecule has 1 aromatic heterocycles. The molecule has 0 N–H and O–H groups in total. The van der Waals surface area contributed by atoms with Gasteiger partial charge in [-0.05, 0) is 36.8 Å². The van der Waals surface area contributed by atoms with Gasteiger partial charge in [-0.15, -0.1) is 0 Å². The minimum atomic E-state index is -0.387. The molecule has 1 aliphatic rings. The molecule has 3 aromatic rings. The highest BCUT2D eigenvalue weighted by molar-refractivity contribution is 6.31. The molecule has 2 aromatic carbocycles. The van der Waals surface area contributed by atoms with Crippen LogP contribution in [0.5, 0.6) is 0 Å². The Morgan fingerprint density at radius 1 is 1.25 bits per heavy atom. The quantitative estimate of drug-likeness (QED) is 0.608. The predicted molar refractivity (Wildman–Crippen MR) is 105 cm³/mol. The van der Waals surface area contributed by atoms with Crippen LogP contribution in [0.2, 0.25) is 5.02 Å². The van der Waals surface area contributed by atoms with Crippen LogP contribution in [0.15, 0.2) is 60.0 Å². The van der Waals surface area contributed by atoms with Gasteiger partial charge in [-0.1, -0.05) is 23.7 Å². The number of carbonyl (C=O) groups excluding carboxylic acids is 1. The Kier molecular flexibility index (Phi) is 4.96. The van der Waals surface area contributed by atoms with E-state index >= 15 is 0 Å². The highest BCUT2D eigenvalue weighted by Gasteiger charge is 2.27. The summed E-state index contributed by atoms with van der Waals surface area (Å²) in [5.74, 6) is -0.692. The average Bonchev–Trinajstić information content (AvgIpc) is 3.14. The van der Waals surface area contributed by atoms with Crippen molar-refractivity contribution in [1.29, 1.82) is 0 Å². The van der Waals surface area contributed by atoms with Crippen LogP contribution < -0.4 is 0 Å². The van der Waals surface area contributed by atoms with E-state index < -0.39 is 0 Å². The predicted octanol–water partition coefficient (Wildman–Crippen LogP) is 4.51. The highest BCUT2D eigenvalue weighted by atomic mass is 35.5. The molecule has 0 bridgehead atoms. The summed E-state index contributed by atoms with van der Waals surface area (Å²) in [6, 6.07) is 11.5. The van der Waals surface area contributed by atoms with Crippen molar-refractivity contribution >= 4 is 23.3 Å². The van der Waals surface area contributed by atoms with Crippen LogP contribution in [-0.4, -0.2) is 28.3 Å². The van der Waals surface area contributed by atoms with Gasteiger partial charge < -0.3 is 9.30 Å². The molecule has 4 rings (SSSR count). The Hall–Kier alpha value is -2.99. The smallest absolute Gasteiger partial charge is 0.305 e. The number of fused-ring (bicyclic) bond motifs is 3. The lowest BCUT2D eigenvalue weighted by Crippen LogP contribution is -2.09. The molecule has 0 saturated carbocycles. The Bertz CT molecular complexity index is 1080. The van der Waals surface area contributed by atoms with Crippen LogP contribution >= 0.6 is 11.6 Å². The zero-order chi connectivity index (χ0) is 19.7. The zero-order valence-corrected chi connectivity index (χ0v) is 15.9. The lowest BCUT2D eigenvalue weighted by atomic mass is 9.99. The van der Waals surface area contributed by atoms with Crippen molar-refractivity contribution in [2.24, 2.45) is 4.99 Å². The van der Waals surface area contributed by atoms with E-state index in [1.807, 2.05) is 10.6 Å². The molecule has 0 saturated heterocycles. The van der Waals surface area contributed by atoms with Gasteiger partial charge >= 0.3 is 5.97 Å². The molecule has 0 unspecified atom stereocenters. The summed E-state index contributed by atoms with van der Waals surface area (Å²) in [4.78, 5) is 20.8. The molecule has 0 amide bonds. The van der Waals surface area contributed by atoms with Gasteiger partial charge in [-0.2, -0.15) is 0 Å². The lowest BCUT2D eigenvalue weighted by molar-refractivity contribution is -0.140. The van der Waals surface area contributed by atoms with Gasteiger partial charge in [0.2, 0.25) is 0 Å². The Morgan fingerprint density at radius 2 is 2.07 bits per heavy atom. The summed E-state index contributed by atoms with van der Waals surface area (Å²) < 4.78 is 21.3. The summed E-state index contributed by atoms with van der Waals surface area (Å²) in [7, 11) is 1.35. The largest absolute Gasteiger partial charge is 0.469 e. The first-order valence-corrected chi connectivity index (χ1v) is 9.18. The van der Waals surface area contributed by atoms with Crippen molar-refractivity contribution < 1.29 is 13.9 Å². The van der Waals surface area contributed by atoms with Crippen molar-refractivity contribution in [1.82, 2.24) is 9.55 Å². The molecule has 5 nitrogen and oxygen atoms in total. The molecular weight excluding hydrogens is 381 g/mol. The lowest BCUT2D eigenvalue weighted by Gasteiger charge is -2.12. The number of hydrogen-bond acceptors (Lipinski definition) is 4. The first-order valence-electron chi connectivity index (χ1n) is 8.80. The molecule has 0 fully saturated rings. The van der Waals surface area contributed by atoms with E-state index in [0.717, 1.165) is 11.4 Å². The Balaban J connectivity index is 1.92. The molecule has 0 spiro atoms. The fourth-order valence-electron chi connectivity index (χ4n) is 3.39. The number of hydrogen-bond donors (Lipinski definition) is 0. The average molecular weight is 398 g/mol. The molecule has 7 heteroatoms. The first kappa shape index (κ1) is 18.4. The van der Waals surface area contributed by atoms with Crippen LogP contribution in [0.1, 0.15) is 35.7 Å². The van der Waals surface area contributed by atoms with E-state index in [-0.39, 0.29) is 24.2 Å².